The summed E-state index contributed by atoms with van der Waals surface area (Å²) in [5.74, 6) is -0.134. The van der Waals surface area contributed by atoms with Gasteiger partial charge >= 0.3 is 0 Å². The van der Waals surface area contributed by atoms with E-state index in [9.17, 15) is 14.4 Å². The molecule has 0 spiro atoms. The Hall–Kier alpha value is -2.57. The van der Waals surface area contributed by atoms with E-state index in [4.69, 9.17) is 10.5 Å². The van der Waals surface area contributed by atoms with E-state index in [1.54, 1.807) is 23.1 Å². The molecule has 0 aromatic heterocycles. The minimum absolute atomic E-state index is 0.116. The fraction of sp³-hybridized carbons (Fsp3) is 0.438. The van der Waals surface area contributed by atoms with Crippen LogP contribution in [0.5, 0.6) is 5.75 Å². The SMILES string of the molecule is NC(=O)C1CCN(C(=O)c2ccc3c(c2)NC(=O)CCO3)CC1. The number of rotatable bonds is 2. The molecule has 0 radical (unpaired) electrons. The molecule has 1 aromatic rings. The molecule has 0 atom stereocenters. The van der Waals surface area contributed by atoms with Crippen molar-refractivity contribution in [2.45, 2.75) is 19.3 Å². The zero-order chi connectivity index (χ0) is 16.4. The number of likely N-dealkylation sites (tertiary alicyclic amines) is 1. The summed E-state index contributed by atoms with van der Waals surface area (Å²) in [6, 6.07) is 5.03. The lowest BCUT2D eigenvalue weighted by Crippen LogP contribution is -2.41. The fourth-order valence-corrected chi connectivity index (χ4v) is 2.90. The standard InChI is InChI=1S/C16H19N3O4/c17-15(21)10-3-6-19(7-4-10)16(22)11-1-2-13-12(9-11)18-14(20)5-8-23-13/h1-2,9-10H,3-8H2,(H2,17,21)(H,18,20). The van der Waals surface area contributed by atoms with Crippen LogP contribution in [0, 0.1) is 5.92 Å². The molecule has 7 nitrogen and oxygen atoms in total. The van der Waals surface area contributed by atoms with Crippen LogP contribution in [0.1, 0.15) is 29.6 Å². The molecule has 2 aliphatic heterocycles. The molecule has 3 amide bonds. The number of nitrogens with zero attached hydrogens (tertiary/aromatic N) is 1. The number of benzene rings is 1. The fourth-order valence-electron chi connectivity index (χ4n) is 2.90. The van der Waals surface area contributed by atoms with E-state index in [2.05, 4.69) is 5.32 Å². The van der Waals surface area contributed by atoms with Gasteiger partial charge in [-0.15, -0.1) is 0 Å². The van der Waals surface area contributed by atoms with E-state index in [0.29, 0.717) is 56.0 Å². The maximum atomic E-state index is 12.6. The summed E-state index contributed by atoms with van der Waals surface area (Å²) in [5, 5.41) is 2.75. The quantitative estimate of drug-likeness (QED) is 0.840. The Balaban J connectivity index is 1.73. The van der Waals surface area contributed by atoms with Crippen LogP contribution in [0.4, 0.5) is 5.69 Å². The molecule has 2 heterocycles. The molecule has 1 saturated heterocycles. The number of fused-ring (bicyclic) bond motifs is 1. The molecule has 3 N–H and O–H groups in total. The monoisotopic (exact) mass is 317 g/mol. The van der Waals surface area contributed by atoms with Gasteiger partial charge in [0.05, 0.1) is 18.7 Å². The summed E-state index contributed by atoms with van der Waals surface area (Å²) in [6.07, 6.45) is 1.47. The van der Waals surface area contributed by atoms with Crippen molar-refractivity contribution in [3.05, 3.63) is 23.8 Å². The van der Waals surface area contributed by atoms with Gasteiger partial charge in [-0.2, -0.15) is 0 Å². The highest BCUT2D eigenvalue weighted by Gasteiger charge is 2.27. The van der Waals surface area contributed by atoms with Gasteiger partial charge in [0.2, 0.25) is 11.8 Å². The molecule has 23 heavy (non-hydrogen) atoms. The predicted molar refractivity (Wildman–Crippen MR) is 83.0 cm³/mol. The molecule has 1 fully saturated rings. The van der Waals surface area contributed by atoms with Crippen molar-refractivity contribution in [2.24, 2.45) is 11.7 Å². The van der Waals surface area contributed by atoms with Crippen LogP contribution in [-0.4, -0.2) is 42.3 Å². The normalized spacial score (nSPS) is 18.4. The smallest absolute Gasteiger partial charge is 0.253 e. The maximum Gasteiger partial charge on any atom is 0.253 e. The number of nitrogens with two attached hydrogens (primary N) is 1. The van der Waals surface area contributed by atoms with Crippen molar-refractivity contribution in [2.75, 3.05) is 25.0 Å². The van der Waals surface area contributed by atoms with Gasteiger partial charge in [-0.3, -0.25) is 14.4 Å². The molecule has 0 aliphatic carbocycles. The first kappa shape index (κ1) is 15.3. The van der Waals surface area contributed by atoms with Crippen LogP contribution >= 0.6 is 0 Å². The summed E-state index contributed by atoms with van der Waals surface area (Å²) in [4.78, 5) is 37.1. The number of amides is 3. The maximum absolute atomic E-state index is 12.6. The summed E-state index contributed by atoms with van der Waals surface area (Å²) in [7, 11) is 0. The van der Waals surface area contributed by atoms with E-state index in [-0.39, 0.29) is 23.6 Å². The zero-order valence-corrected chi connectivity index (χ0v) is 12.7. The van der Waals surface area contributed by atoms with Gasteiger partial charge in [0.1, 0.15) is 5.75 Å². The van der Waals surface area contributed by atoms with Crippen molar-refractivity contribution in [1.82, 2.24) is 4.90 Å². The summed E-state index contributed by atoms with van der Waals surface area (Å²) < 4.78 is 5.48. The van der Waals surface area contributed by atoms with Crippen molar-refractivity contribution in [1.29, 1.82) is 0 Å². The first-order valence-electron chi connectivity index (χ1n) is 7.70. The van der Waals surface area contributed by atoms with Gasteiger partial charge in [0, 0.05) is 24.6 Å². The number of piperidine rings is 1. The van der Waals surface area contributed by atoms with Crippen molar-refractivity contribution in [3.63, 3.8) is 0 Å². The van der Waals surface area contributed by atoms with Crippen LogP contribution in [0.15, 0.2) is 18.2 Å². The summed E-state index contributed by atoms with van der Waals surface area (Å²) in [6.45, 7) is 1.34. The first-order chi connectivity index (χ1) is 11.0. The van der Waals surface area contributed by atoms with E-state index < -0.39 is 0 Å². The second-order valence-corrected chi connectivity index (χ2v) is 5.83. The van der Waals surface area contributed by atoms with Crippen LogP contribution < -0.4 is 15.8 Å². The number of hydrogen-bond acceptors (Lipinski definition) is 4. The average molecular weight is 317 g/mol. The largest absolute Gasteiger partial charge is 0.491 e. The molecule has 1 aromatic carbocycles. The van der Waals surface area contributed by atoms with Crippen LogP contribution in [0.2, 0.25) is 0 Å². The van der Waals surface area contributed by atoms with Crippen LogP contribution in [-0.2, 0) is 9.59 Å². The molecule has 0 bridgehead atoms. The number of hydrogen-bond donors (Lipinski definition) is 2. The highest BCUT2D eigenvalue weighted by molar-refractivity contribution is 5.98. The minimum atomic E-state index is -0.304. The summed E-state index contributed by atoms with van der Waals surface area (Å²) in [5.41, 5.74) is 6.32. The van der Waals surface area contributed by atoms with Crippen LogP contribution in [0.25, 0.3) is 0 Å². The Morgan fingerprint density at radius 3 is 2.70 bits per heavy atom. The molecule has 3 rings (SSSR count). The third kappa shape index (κ3) is 3.28. The Morgan fingerprint density at radius 2 is 2.00 bits per heavy atom. The van der Waals surface area contributed by atoms with Crippen molar-refractivity contribution < 1.29 is 19.1 Å². The second-order valence-electron chi connectivity index (χ2n) is 5.83. The number of carbonyl (C=O) groups is 3. The number of anilines is 1. The predicted octanol–water partition coefficient (Wildman–Crippen LogP) is 0.745. The molecular weight excluding hydrogens is 298 g/mol. The molecule has 0 saturated carbocycles. The molecule has 0 unspecified atom stereocenters. The van der Waals surface area contributed by atoms with Gasteiger partial charge in [-0.05, 0) is 31.0 Å². The number of nitrogens with one attached hydrogen (secondary N) is 1. The van der Waals surface area contributed by atoms with Gasteiger partial charge in [-0.1, -0.05) is 0 Å². The highest BCUT2D eigenvalue weighted by Crippen LogP contribution is 2.29. The van der Waals surface area contributed by atoms with Gasteiger partial charge in [-0.25, -0.2) is 0 Å². The molecule has 2 aliphatic rings. The van der Waals surface area contributed by atoms with Crippen LogP contribution in [0.3, 0.4) is 0 Å². The van der Waals surface area contributed by atoms with E-state index >= 15 is 0 Å². The number of carbonyl (C=O) groups excluding carboxylic acids is 3. The third-order valence-electron chi connectivity index (χ3n) is 4.27. The lowest BCUT2D eigenvalue weighted by molar-refractivity contribution is -0.123. The Labute approximate surface area is 133 Å². The van der Waals surface area contributed by atoms with E-state index in [0.717, 1.165) is 0 Å². The number of primary amides is 1. The minimum Gasteiger partial charge on any atom is -0.491 e. The van der Waals surface area contributed by atoms with E-state index in [1.807, 2.05) is 0 Å². The number of ether oxygens (including phenoxy) is 1. The van der Waals surface area contributed by atoms with Gasteiger partial charge < -0.3 is 20.7 Å². The second kappa shape index (κ2) is 6.28. The van der Waals surface area contributed by atoms with E-state index in [1.165, 1.54) is 0 Å². The lowest BCUT2D eigenvalue weighted by Gasteiger charge is -2.30. The van der Waals surface area contributed by atoms with Crippen molar-refractivity contribution >= 4 is 23.4 Å². The Bertz CT molecular complexity index is 651. The lowest BCUT2D eigenvalue weighted by atomic mass is 9.96. The Morgan fingerprint density at radius 1 is 1.26 bits per heavy atom. The zero-order valence-electron chi connectivity index (χ0n) is 12.7. The summed E-state index contributed by atoms with van der Waals surface area (Å²) >= 11 is 0. The molecule has 122 valence electrons. The highest BCUT2D eigenvalue weighted by atomic mass is 16.5. The van der Waals surface area contributed by atoms with Crippen molar-refractivity contribution in [3.8, 4) is 5.75 Å². The first-order valence-corrected chi connectivity index (χ1v) is 7.70. The Kier molecular flexibility index (Phi) is 4.18. The third-order valence-corrected chi connectivity index (χ3v) is 4.27. The van der Waals surface area contributed by atoms with Gasteiger partial charge in [0.25, 0.3) is 5.91 Å². The average Bonchev–Trinajstić information content (AvgIpc) is 2.74. The topological polar surface area (TPSA) is 102 Å². The molecule has 7 heteroatoms. The molecular formula is C16H19N3O4. The van der Waals surface area contributed by atoms with Gasteiger partial charge in [0.15, 0.2) is 0 Å².